The highest BCUT2D eigenvalue weighted by Crippen LogP contribution is 2.23. The number of rotatable bonds is 9. The number of hydrogen-bond donors (Lipinski definition) is 0. The third kappa shape index (κ3) is 6.28. The highest BCUT2D eigenvalue weighted by molar-refractivity contribution is 6.41. The lowest BCUT2D eigenvalue weighted by molar-refractivity contribution is -0.143. The molecule has 5 nitrogen and oxygen atoms in total. The Labute approximate surface area is 145 Å². The van der Waals surface area contributed by atoms with E-state index in [2.05, 4.69) is 4.98 Å². The number of aromatic nitrogens is 1. The van der Waals surface area contributed by atoms with Crippen LogP contribution in [0.25, 0.3) is 0 Å². The van der Waals surface area contributed by atoms with E-state index in [9.17, 15) is 14.4 Å². The Kier molecular flexibility index (Phi) is 8.20. The Morgan fingerprint density at radius 3 is 2.52 bits per heavy atom. The molecule has 0 aliphatic rings. The highest BCUT2D eigenvalue weighted by Gasteiger charge is 2.25. The molecule has 0 saturated heterocycles. The van der Waals surface area contributed by atoms with Crippen molar-refractivity contribution in [2.45, 2.75) is 39.5 Å². The number of Topliss-reactive ketones (excluding diaryl/α,β-unsaturated/α-hetero) is 2. The van der Waals surface area contributed by atoms with Crippen LogP contribution in [0, 0.1) is 5.92 Å². The second-order valence-corrected chi connectivity index (χ2v) is 5.84. The summed E-state index contributed by atoms with van der Waals surface area (Å²) in [6.45, 7) is 3.46. The summed E-state index contributed by atoms with van der Waals surface area (Å²) in [4.78, 5) is 39.3. The van der Waals surface area contributed by atoms with Gasteiger partial charge in [-0.05, 0) is 32.8 Å². The number of nitrogens with zero attached hydrogens (tertiary/aromatic N) is 1. The van der Waals surface area contributed by atoms with Gasteiger partial charge in [0.25, 0.3) is 0 Å². The van der Waals surface area contributed by atoms with Gasteiger partial charge in [0.1, 0.15) is 10.9 Å². The van der Waals surface area contributed by atoms with Crippen LogP contribution in [0.4, 0.5) is 0 Å². The molecule has 0 fully saturated rings. The van der Waals surface area contributed by atoms with Gasteiger partial charge in [0.2, 0.25) is 0 Å². The Morgan fingerprint density at radius 1 is 1.26 bits per heavy atom. The lowest BCUT2D eigenvalue weighted by Gasteiger charge is -2.13. The van der Waals surface area contributed by atoms with E-state index in [0.717, 1.165) is 0 Å². The van der Waals surface area contributed by atoms with E-state index >= 15 is 0 Å². The fourth-order valence-corrected chi connectivity index (χ4v) is 2.40. The van der Waals surface area contributed by atoms with Crippen LogP contribution < -0.4 is 0 Å². The molecule has 0 aliphatic carbocycles. The van der Waals surface area contributed by atoms with Crippen molar-refractivity contribution < 1.29 is 19.1 Å². The zero-order chi connectivity index (χ0) is 17.4. The summed E-state index contributed by atoms with van der Waals surface area (Å²) in [6, 6.07) is 1.41. The molecule has 0 spiro atoms. The number of esters is 1. The van der Waals surface area contributed by atoms with Gasteiger partial charge in [0.15, 0.2) is 5.78 Å². The minimum Gasteiger partial charge on any atom is -0.466 e. The molecule has 7 heteroatoms. The van der Waals surface area contributed by atoms with Gasteiger partial charge in [-0.2, -0.15) is 0 Å². The largest absolute Gasteiger partial charge is 0.466 e. The van der Waals surface area contributed by atoms with E-state index in [4.69, 9.17) is 27.9 Å². The quantitative estimate of drug-likeness (QED) is 0.220. The normalized spacial score (nSPS) is 11.8. The minimum absolute atomic E-state index is 0.108. The maximum Gasteiger partial charge on any atom is 0.305 e. The van der Waals surface area contributed by atoms with Crippen molar-refractivity contribution >= 4 is 40.7 Å². The molecule has 0 amide bonds. The summed E-state index contributed by atoms with van der Waals surface area (Å²) in [5, 5.41) is 0.277. The predicted octanol–water partition coefficient (Wildman–Crippen LogP) is 3.90. The molecule has 1 aromatic heterocycles. The van der Waals surface area contributed by atoms with Crippen LogP contribution in [0.2, 0.25) is 10.2 Å². The van der Waals surface area contributed by atoms with Gasteiger partial charge >= 0.3 is 5.97 Å². The minimum atomic E-state index is -0.767. The van der Waals surface area contributed by atoms with Gasteiger partial charge in [0.05, 0.1) is 17.5 Å². The fraction of sp³-hybridized carbons (Fsp3) is 0.500. The molecule has 0 radical (unpaired) electrons. The van der Waals surface area contributed by atoms with Gasteiger partial charge in [0, 0.05) is 18.2 Å². The summed E-state index contributed by atoms with van der Waals surface area (Å²) in [6.07, 6.45) is 3.10. The van der Waals surface area contributed by atoms with Crippen LogP contribution in [0.3, 0.4) is 0 Å². The molecule has 0 aliphatic heterocycles. The number of ketones is 2. The van der Waals surface area contributed by atoms with Crippen molar-refractivity contribution in [3.8, 4) is 0 Å². The molecule has 0 N–H and O–H groups in total. The molecule has 1 unspecified atom stereocenters. The van der Waals surface area contributed by atoms with Crippen LogP contribution in [0.15, 0.2) is 12.3 Å². The summed E-state index contributed by atoms with van der Waals surface area (Å²) >= 11 is 11.6. The van der Waals surface area contributed by atoms with Crippen molar-refractivity contribution in [3.05, 3.63) is 28.0 Å². The third-order valence-electron chi connectivity index (χ3n) is 3.32. The van der Waals surface area contributed by atoms with Crippen LogP contribution >= 0.6 is 23.2 Å². The van der Waals surface area contributed by atoms with E-state index < -0.39 is 5.92 Å². The zero-order valence-corrected chi connectivity index (χ0v) is 14.6. The fourth-order valence-electron chi connectivity index (χ4n) is 2.13. The van der Waals surface area contributed by atoms with E-state index in [-0.39, 0.29) is 39.7 Å². The first-order chi connectivity index (χ1) is 10.9. The van der Waals surface area contributed by atoms with E-state index in [0.29, 0.717) is 25.9 Å². The first-order valence-corrected chi connectivity index (χ1v) is 8.13. The maximum absolute atomic E-state index is 12.4. The van der Waals surface area contributed by atoms with E-state index in [1.54, 1.807) is 6.92 Å². The Hall–Kier alpha value is -1.46. The molecule has 0 saturated carbocycles. The Bertz CT molecular complexity index is 589. The summed E-state index contributed by atoms with van der Waals surface area (Å²) in [5.74, 6) is -1.60. The Balaban J connectivity index is 2.63. The zero-order valence-electron chi connectivity index (χ0n) is 13.1. The molecule has 1 aromatic rings. The topological polar surface area (TPSA) is 73.3 Å². The maximum atomic E-state index is 12.4. The lowest BCUT2D eigenvalue weighted by atomic mass is 9.90. The standard InChI is InChI=1S/C16H19Cl2NO4/c1-3-23-14(21)7-5-4-6-12(10(2)20)15(22)11-8-13(17)16(18)19-9-11/h8-9,12H,3-7H2,1-2H3. The van der Waals surface area contributed by atoms with Crippen molar-refractivity contribution in [1.29, 1.82) is 0 Å². The van der Waals surface area contributed by atoms with Crippen LogP contribution in [-0.4, -0.2) is 29.1 Å². The van der Waals surface area contributed by atoms with E-state index in [1.807, 2.05) is 0 Å². The average Bonchev–Trinajstić information content (AvgIpc) is 2.49. The molecular formula is C16H19Cl2NO4. The third-order valence-corrected chi connectivity index (χ3v) is 4.00. The second-order valence-electron chi connectivity index (χ2n) is 5.07. The predicted molar refractivity (Wildman–Crippen MR) is 87.9 cm³/mol. The lowest BCUT2D eigenvalue weighted by Crippen LogP contribution is -2.22. The molecular weight excluding hydrogens is 341 g/mol. The first kappa shape index (κ1) is 19.6. The smallest absolute Gasteiger partial charge is 0.305 e. The molecule has 1 rings (SSSR count). The summed E-state index contributed by atoms with van der Waals surface area (Å²) < 4.78 is 4.83. The molecule has 23 heavy (non-hydrogen) atoms. The number of unbranched alkanes of at least 4 members (excludes halogenated alkanes) is 1. The number of carbonyl (C=O) groups is 3. The van der Waals surface area contributed by atoms with Gasteiger partial charge in [-0.25, -0.2) is 4.98 Å². The molecule has 1 heterocycles. The van der Waals surface area contributed by atoms with Crippen LogP contribution in [-0.2, 0) is 14.3 Å². The average molecular weight is 360 g/mol. The molecule has 0 aromatic carbocycles. The van der Waals surface area contributed by atoms with Crippen LogP contribution in [0.5, 0.6) is 0 Å². The van der Waals surface area contributed by atoms with Crippen LogP contribution in [0.1, 0.15) is 49.9 Å². The molecule has 126 valence electrons. The number of pyridine rings is 1. The SMILES string of the molecule is CCOC(=O)CCCCC(C(C)=O)C(=O)c1cnc(Cl)c(Cl)c1. The number of carbonyl (C=O) groups excluding carboxylic acids is 3. The molecule has 0 bridgehead atoms. The van der Waals surface area contributed by atoms with Gasteiger partial charge in [-0.15, -0.1) is 0 Å². The second kappa shape index (κ2) is 9.63. The van der Waals surface area contributed by atoms with Crippen molar-refractivity contribution in [3.63, 3.8) is 0 Å². The van der Waals surface area contributed by atoms with Crippen molar-refractivity contribution in [2.75, 3.05) is 6.61 Å². The van der Waals surface area contributed by atoms with Gasteiger partial charge in [-0.1, -0.05) is 29.6 Å². The first-order valence-electron chi connectivity index (χ1n) is 7.38. The van der Waals surface area contributed by atoms with Gasteiger partial charge in [-0.3, -0.25) is 14.4 Å². The van der Waals surface area contributed by atoms with Crippen molar-refractivity contribution in [1.82, 2.24) is 4.98 Å². The number of ether oxygens (including phenoxy) is 1. The van der Waals surface area contributed by atoms with Crippen molar-refractivity contribution in [2.24, 2.45) is 5.92 Å². The Morgan fingerprint density at radius 2 is 1.96 bits per heavy atom. The van der Waals surface area contributed by atoms with E-state index in [1.165, 1.54) is 19.2 Å². The van der Waals surface area contributed by atoms with Gasteiger partial charge < -0.3 is 4.74 Å². The number of halogens is 2. The monoisotopic (exact) mass is 359 g/mol. The molecule has 1 atom stereocenters. The summed E-state index contributed by atoms with van der Waals surface area (Å²) in [5.41, 5.74) is 0.255. The number of hydrogen-bond acceptors (Lipinski definition) is 5. The summed E-state index contributed by atoms with van der Waals surface area (Å²) in [7, 11) is 0. The highest BCUT2D eigenvalue weighted by atomic mass is 35.5.